The fourth-order valence-electron chi connectivity index (χ4n) is 2.24. The first-order valence-corrected chi connectivity index (χ1v) is 6.20. The molecule has 0 aliphatic heterocycles. The van der Waals surface area contributed by atoms with E-state index in [1.807, 2.05) is 24.3 Å². The molecule has 3 aromatic rings. The van der Waals surface area contributed by atoms with Crippen molar-refractivity contribution in [1.29, 1.82) is 0 Å². The minimum absolute atomic E-state index is 0.226. The molecular weight excluding hydrogens is 252 g/mol. The summed E-state index contributed by atoms with van der Waals surface area (Å²) in [5, 5.41) is 20.4. The van der Waals surface area contributed by atoms with Gasteiger partial charge in [0.2, 0.25) is 0 Å². The molecule has 0 atom stereocenters. The van der Waals surface area contributed by atoms with Crippen LogP contribution in [0, 0.1) is 0 Å². The molecule has 0 heterocycles. The van der Waals surface area contributed by atoms with E-state index in [9.17, 15) is 9.90 Å². The third kappa shape index (κ3) is 2.21. The second kappa shape index (κ2) is 4.70. The van der Waals surface area contributed by atoms with Crippen molar-refractivity contribution in [1.82, 2.24) is 0 Å². The summed E-state index contributed by atoms with van der Waals surface area (Å²) in [6, 6.07) is 17.9. The Kier molecular flexibility index (Phi) is 2.88. The molecule has 0 saturated heterocycles. The molecule has 20 heavy (non-hydrogen) atoms. The number of benzene rings is 3. The zero-order chi connectivity index (χ0) is 14.1. The number of phenols is 1. The second-order valence-corrected chi connectivity index (χ2v) is 4.63. The first-order valence-electron chi connectivity index (χ1n) is 6.20. The summed E-state index contributed by atoms with van der Waals surface area (Å²) in [7, 11) is 0. The third-order valence-corrected chi connectivity index (χ3v) is 3.27. The van der Waals surface area contributed by atoms with Gasteiger partial charge in [0, 0.05) is 0 Å². The lowest BCUT2D eigenvalue weighted by atomic mass is 10.00. The van der Waals surface area contributed by atoms with E-state index in [1.165, 1.54) is 0 Å². The Morgan fingerprint density at radius 1 is 0.800 bits per heavy atom. The van der Waals surface area contributed by atoms with Crippen LogP contribution in [0.3, 0.4) is 0 Å². The summed E-state index contributed by atoms with van der Waals surface area (Å²) in [6.07, 6.45) is 0. The molecule has 0 aliphatic carbocycles. The largest absolute Gasteiger partial charge is 0.508 e. The number of fused-ring (bicyclic) bond motifs is 1. The van der Waals surface area contributed by atoms with Gasteiger partial charge in [-0.1, -0.05) is 30.3 Å². The number of carbonyl (C=O) groups is 1. The van der Waals surface area contributed by atoms with E-state index in [1.54, 1.807) is 36.4 Å². The Hall–Kier alpha value is -2.81. The van der Waals surface area contributed by atoms with Gasteiger partial charge in [-0.2, -0.15) is 0 Å². The second-order valence-electron chi connectivity index (χ2n) is 4.63. The number of rotatable bonds is 2. The lowest BCUT2D eigenvalue weighted by Crippen LogP contribution is -1.95. The van der Waals surface area contributed by atoms with Gasteiger partial charge in [-0.25, -0.2) is 4.79 Å². The van der Waals surface area contributed by atoms with Crippen LogP contribution in [0.1, 0.15) is 10.4 Å². The molecule has 98 valence electrons. The van der Waals surface area contributed by atoms with E-state index in [0.717, 1.165) is 21.9 Å². The van der Waals surface area contributed by atoms with Gasteiger partial charge < -0.3 is 10.2 Å². The maximum atomic E-state index is 10.9. The van der Waals surface area contributed by atoms with Crippen molar-refractivity contribution < 1.29 is 15.0 Å². The van der Waals surface area contributed by atoms with E-state index >= 15 is 0 Å². The Labute approximate surface area is 115 Å². The van der Waals surface area contributed by atoms with Crippen LogP contribution in [-0.2, 0) is 0 Å². The lowest BCUT2D eigenvalue weighted by Gasteiger charge is -2.05. The molecule has 0 bridgehead atoms. The minimum Gasteiger partial charge on any atom is -0.508 e. The average molecular weight is 264 g/mol. The summed E-state index contributed by atoms with van der Waals surface area (Å²) in [4.78, 5) is 10.9. The predicted molar refractivity (Wildman–Crippen MR) is 78.0 cm³/mol. The number of carboxylic acid groups (broad SMARTS) is 1. The Bertz CT molecular complexity index is 806. The highest BCUT2D eigenvalue weighted by atomic mass is 16.4. The number of aromatic carboxylic acids is 1. The van der Waals surface area contributed by atoms with Crippen molar-refractivity contribution in [2.45, 2.75) is 0 Å². The standard InChI is InChI=1S/C17H12O3/c18-16-3-1-2-11(10-16)12-4-5-14-9-15(17(19)20)7-6-13(14)8-12/h1-10,18H,(H,19,20). The molecular formula is C17H12O3. The molecule has 0 fully saturated rings. The van der Waals surface area contributed by atoms with Crippen LogP contribution in [0.15, 0.2) is 60.7 Å². The van der Waals surface area contributed by atoms with E-state index in [4.69, 9.17) is 5.11 Å². The Morgan fingerprint density at radius 2 is 1.50 bits per heavy atom. The molecule has 3 heteroatoms. The van der Waals surface area contributed by atoms with Crippen LogP contribution in [0.25, 0.3) is 21.9 Å². The van der Waals surface area contributed by atoms with Gasteiger partial charge in [0.1, 0.15) is 5.75 Å². The number of carboxylic acids is 1. The van der Waals surface area contributed by atoms with E-state index in [2.05, 4.69) is 0 Å². The first-order chi connectivity index (χ1) is 9.63. The molecule has 3 aromatic carbocycles. The molecule has 0 aromatic heterocycles. The summed E-state index contributed by atoms with van der Waals surface area (Å²) >= 11 is 0. The van der Waals surface area contributed by atoms with Gasteiger partial charge in [0.05, 0.1) is 5.56 Å². The van der Waals surface area contributed by atoms with Crippen molar-refractivity contribution in [3.8, 4) is 16.9 Å². The highest BCUT2D eigenvalue weighted by Gasteiger charge is 2.05. The highest BCUT2D eigenvalue weighted by molar-refractivity contribution is 5.95. The van der Waals surface area contributed by atoms with Crippen molar-refractivity contribution in [3.63, 3.8) is 0 Å². The predicted octanol–water partition coefficient (Wildman–Crippen LogP) is 3.91. The summed E-state index contributed by atoms with van der Waals surface area (Å²) in [5.41, 5.74) is 2.19. The topological polar surface area (TPSA) is 57.5 Å². The number of phenolic OH excluding ortho intramolecular Hbond substituents is 1. The monoisotopic (exact) mass is 264 g/mol. The SMILES string of the molecule is O=C(O)c1ccc2cc(-c3cccc(O)c3)ccc2c1. The van der Waals surface area contributed by atoms with E-state index in [-0.39, 0.29) is 11.3 Å². The van der Waals surface area contributed by atoms with Crippen molar-refractivity contribution in [2.24, 2.45) is 0 Å². The van der Waals surface area contributed by atoms with E-state index in [0.29, 0.717) is 0 Å². The van der Waals surface area contributed by atoms with E-state index < -0.39 is 5.97 Å². The van der Waals surface area contributed by atoms with Crippen molar-refractivity contribution >= 4 is 16.7 Å². The zero-order valence-electron chi connectivity index (χ0n) is 10.6. The van der Waals surface area contributed by atoms with Gasteiger partial charge in [0.25, 0.3) is 0 Å². The Morgan fingerprint density at radius 3 is 2.25 bits per heavy atom. The quantitative estimate of drug-likeness (QED) is 0.737. The lowest BCUT2D eigenvalue weighted by molar-refractivity contribution is 0.0697. The smallest absolute Gasteiger partial charge is 0.335 e. The third-order valence-electron chi connectivity index (χ3n) is 3.27. The molecule has 0 spiro atoms. The van der Waals surface area contributed by atoms with Gasteiger partial charge in [-0.3, -0.25) is 0 Å². The van der Waals surface area contributed by atoms with Crippen LogP contribution in [0.5, 0.6) is 5.75 Å². The zero-order valence-corrected chi connectivity index (χ0v) is 10.6. The summed E-state index contributed by atoms with van der Waals surface area (Å²) in [6.45, 7) is 0. The van der Waals surface area contributed by atoms with Gasteiger partial charge >= 0.3 is 5.97 Å². The molecule has 0 saturated carbocycles. The molecule has 0 amide bonds. The van der Waals surface area contributed by atoms with Crippen molar-refractivity contribution in [3.05, 3.63) is 66.2 Å². The van der Waals surface area contributed by atoms with Gasteiger partial charge in [-0.05, 0) is 52.2 Å². The maximum Gasteiger partial charge on any atom is 0.335 e. The molecule has 2 N–H and O–H groups in total. The summed E-state index contributed by atoms with van der Waals surface area (Å²) < 4.78 is 0. The number of aromatic hydroxyl groups is 1. The van der Waals surface area contributed by atoms with Crippen LogP contribution in [0.2, 0.25) is 0 Å². The molecule has 0 radical (unpaired) electrons. The number of hydrogen-bond donors (Lipinski definition) is 2. The maximum absolute atomic E-state index is 10.9. The fourth-order valence-corrected chi connectivity index (χ4v) is 2.24. The molecule has 3 nitrogen and oxygen atoms in total. The van der Waals surface area contributed by atoms with Crippen LogP contribution in [-0.4, -0.2) is 16.2 Å². The Balaban J connectivity index is 2.12. The molecule has 0 unspecified atom stereocenters. The van der Waals surface area contributed by atoms with Crippen LogP contribution >= 0.6 is 0 Å². The van der Waals surface area contributed by atoms with Gasteiger partial charge in [-0.15, -0.1) is 0 Å². The summed E-state index contributed by atoms with van der Waals surface area (Å²) in [5.74, 6) is -0.701. The van der Waals surface area contributed by atoms with Gasteiger partial charge in [0.15, 0.2) is 0 Å². The normalized spacial score (nSPS) is 10.6. The van der Waals surface area contributed by atoms with Crippen LogP contribution in [0.4, 0.5) is 0 Å². The van der Waals surface area contributed by atoms with Crippen LogP contribution < -0.4 is 0 Å². The van der Waals surface area contributed by atoms with Crippen molar-refractivity contribution in [2.75, 3.05) is 0 Å². The minimum atomic E-state index is -0.927. The fraction of sp³-hybridized carbons (Fsp3) is 0. The molecule has 3 rings (SSSR count). The highest BCUT2D eigenvalue weighted by Crippen LogP contribution is 2.27. The molecule has 0 aliphatic rings. The average Bonchev–Trinajstić information content (AvgIpc) is 2.46. The first kappa shape index (κ1) is 12.2. The number of hydrogen-bond acceptors (Lipinski definition) is 2.